The van der Waals surface area contributed by atoms with Gasteiger partial charge in [0.1, 0.15) is 92.6 Å². The van der Waals surface area contributed by atoms with Crippen LogP contribution in [0.4, 0.5) is 0 Å². The molecule has 10 N–H and O–H groups in total. The fraction of sp³-hybridized carbons (Fsp3) is 0.545. The normalized spacial score (nSPS) is 23.8. The predicted molar refractivity (Wildman–Crippen MR) is 267 cm³/mol. The number of hydrogen-bond donors (Lipinski definition) is 10. The lowest BCUT2D eigenvalue weighted by Gasteiger charge is -2.45. The second-order valence-corrected chi connectivity index (χ2v) is 26.1. The zero-order chi connectivity index (χ0) is 66.6. The molecule has 2 aliphatic rings. The van der Waals surface area contributed by atoms with E-state index in [0.29, 0.717) is 13.0 Å². The molecule has 0 amide bonds. The molecule has 0 radical (unpaired) electrons. The highest BCUT2D eigenvalue weighted by molar-refractivity contribution is 7.82. The van der Waals surface area contributed by atoms with Crippen LogP contribution in [0.5, 0.6) is 28.7 Å². The molecule has 2 fully saturated rings. The molecule has 2 saturated heterocycles. The van der Waals surface area contributed by atoms with Crippen LogP contribution >= 0.6 is 0 Å². The quantitative estimate of drug-likeness (QED) is 0.0204. The third-order valence-electron chi connectivity index (χ3n) is 10.2. The molecule has 46 nitrogen and oxygen atoms in total. The van der Waals surface area contributed by atoms with Crippen molar-refractivity contribution in [2.75, 3.05) is 46.2 Å². The Bertz CT molecular complexity index is 4130. The summed E-state index contributed by atoms with van der Waals surface area (Å²) in [5, 5.41) is 10.2. The van der Waals surface area contributed by atoms with Gasteiger partial charge in [0, 0.05) is 17.7 Å². The summed E-state index contributed by atoms with van der Waals surface area (Å²) in [5.74, 6) is -5.60. The molecule has 0 bridgehead atoms. The Labute approximate surface area is 494 Å². The van der Waals surface area contributed by atoms with Crippen molar-refractivity contribution in [1.29, 1.82) is 0 Å². The van der Waals surface area contributed by atoms with E-state index in [1.807, 2.05) is 0 Å². The number of aromatic hydroxyl groups is 1. The molecule has 2 aliphatic heterocycles. The Morgan fingerprint density at radius 2 is 0.875 bits per heavy atom. The second-order valence-electron chi connectivity index (χ2n) is 16.5. The molecule has 0 aliphatic carbocycles. The van der Waals surface area contributed by atoms with Crippen LogP contribution in [0.1, 0.15) is 6.92 Å². The van der Waals surface area contributed by atoms with Crippen LogP contribution in [-0.4, -0.2) is 230 Å². The molecule has 3 aromatic rings. The molecule has 55 heteroatoms. The highest BCUT2D eigenvalue weighted by Gasteiger charge is 2.57. The summed E-state index contributed by atoms with van der Waals surface area (Å²) in [5.41, 5.74) is -3.24. The van der Waals surface area contributed by atoms with Crippen LogP contribution in [0.2, 0.25) is 0 Å². The van der Waals surface area contributed by atoms with E-state index in [1.165, 1.54) is 0 Å². The fourth-order valence-corrected chi connectivity index (χ4v) is 11.3. The summed E-state index contributed by atoms with van der Waals surface area (Å²) in [7, 11) is -51.9. The lowest BCUT2D eigenvalue weighted by Crippen LogP contribution is -2.65. The molecule has 504 valence electrons. The van der Waals surface area contributed by atoms with Gasteiger partial charge in [0.15, 0.2) is 35.8 Å². The number of benzene rings is 2. The van der Waals surface area contributed by atoms with Crippen molar-refractivity contribution in [2.24, 2.45) is 0 Å². The maximum Gasteiger partial charge on any atom is 0.397 e. The van der Waals surface area contributed by atoms with Gasteiger partial charge in [0.2, 0.25) is 17.5 Å². The van der Waals surface area contributed by atoms with E-state index in [9.17, 15) is 113 Å². The minimum absolute atomic E-state index is 0.520. The van der Waals surface area contributed by atoms with E-state index in [2.05, 4.69) is 37.6 Å². The number of rotatable bonds is 33. The number of phenolic OH excluding ortho intramolecular Hbond substituents is 1. The minimum atomic E-state index is -6.29. The molecule has 0 spiro atoms. The number of ether oxygens (including phenoxy) is 7. The maximum absolute atomic E-state index is 14.8. The van der Waals surface area contributed by atoms with Gasteiger partial charge in [0.25, 0.3) is 0 Å². The van der Waals surface area contributed by atoms with Crippen LogP contribution in [-0.2, 0) is 145 Å². The standard InChI is InChI=1S/C33H42O46S9/c1-14-24(74-83(45,46)47)28(76-85(51,52)53)30(78-87(57,58)59)32(70-14)66-13-21-26(75-84(48,49)50)29(77-86(54,55)56)31(79-88(60,61)62)33(72-21)73-27-23(35)22-17(34)11-16(63-4-7-67-80(36,37)38)12-20(22)71-25(27)15-2-3-18(64-5-8-68-81(39,40)41)19(10-15)65-6-9-69-82(42,43)44/h2-3,10-12,14,21,24,26,28-34H,4-9,13H2,1H3,(H,36,37,38)(H,39,40,41)(H,42,43,44)(H,45,46,47)(H,48,49,50)(H,51,52,53)(H,54,55,56)(H,57,58,59)(H,60,61,62)/t14-,21+,24-,26+,28+,29-,30+,31+,32+,33-/m0/s1. The van der Waals surface area contributed by atoms with Crippen molar-refractivity contribution in [1.82, 2.24) is 0 Å². The van der Waals surface area contributed by atoms with Crippen molar-refractivity contribution < 1.29 is 197 Å². The molecule has 0 unspecified atom stereocenters. The molecule has 3 heterocycles. The Morgan fingerprint density at radius 3 is 1.35 bits per heavy atom. The van der Waals surface area contributed by atoms with Gasteiger partial charge in [-0.3, -0.25) is 45.8 Å². The average molecular weight is 1460 g/mol. The van der Waals surface area contributed by atoms with Crippen LogP contribution in [0.15, 0.2) is 39.5 Å². The lowest BCUT2D eigenvalue weighted by molar-refractivity contribution is -0.306. The summed E-state index contributed by atoms with van der Waals surface area (Å²) in [6, 6.07) is 3.79. The summed E-state index contributed by atoms with van der Waals surface area (Å²) in [6.07, 6.45) is -29.8. The molecule has 2 aromatic carbocycles. The second kappa shape index (κ2) is 28.5. The van der Waals surface area contributed by atoms with Gasteiger partial charge in [-0.05, 0) is 25.1 Å². The van der Waals surface area contributed by atoms with E-state index in [-0.39, 0.29) is 0 Å². The van der Waals surface area contributed by atoms with E-state index < -0.39 is 258 Å². The van der Waals surface area contributed by atoms with Crippen molar-refractivity contribution in [3.8, 4) is 40.1 Å². The summed E-state index contributed by atoms with van der Waals surface area (Å²) in [4.78, 5) is 14.8. The van der Waals surface area contributed by atoms with E-state index >= 15 is 0 Å². The van der Waals surface area contributed by atoms with E-state index in [1.54, 1.807) is 0 Å². The van der Waals surface area contributed by atoms with Gasteiger partial charge in [0.05, 0.1) is 12.7 Å². The lowest BCUT2D eigenvalue weighted by atomic mass is 9.98. The summed E-state index contributed by atoms with van der Waals surface area (Å²) < 4.78 is 382. The van der Waals surface area contributed by atoms with Crippen molar-refractivity contribution >= 4 is 105 Å². The monoisotopic (exact) mass is 1460 g/mol. The van der Waals surface area contributed by atoms with Gasteiger partial charge in [-0.25, -0.2) is 37.6 Å². The first-order chi connectivity index (χ1) is 39.9. The zero-order valence-corrected chi connectivity index (χ0v) is 49.8. The Balaban J connectivity index is 1.79. The Hall–Kier alpha value is -4.64. The van der Waals surface area contributed by atoms with Gasteiger partial charge < -0.3 is 42.7 Å². The predicted octanol–water partition coefficient (Wildman–Crippen LogP) is -4.25. The highest BCUT2D eigenvalue weighted by Crippen LogP contribution is 2.42. The number of fused-ring (bicyclic) bond motifs is 1. The third-order valence-corrected chi connectivity index (χ3v) is 14.4. The first-order valence-corrected chi connectivity index (χ1v) is 34.5. The van der Waals surface area contributed by atoms with Crippen LogP contribution in [0.3, 0.4) is 0 Å². The fourth-order valence-electron chi connectivity index (χ4n) is 7.44. The smallest absolute Gasteiger partial charge is 0.397 e. The van der Waals surface area contributed by atoms with E-state index in [4.69, 9.17) is 51.2 Å². The van der Waals surface area contributed by atoms with Gasteiger partial charge >= 0.3 is 93.6 Å². The van der Waals surface area contributed by atoms with Crippen LogP contribution in [0, 0.1) is 0 Å². The van der Waals surface area contributed by atoms with E-state index in [0.717, 1.165) is 24.3 Å². The maximum atomic E-state index is 14.8. The minimum Gasteiger partial charge on any atom is -0.507 e. The Kier molecular flexibility index (Phi) is 24.0. The Morgan fingerprint density at radius 1 is 0.455 bits per heavy atom. The van der Waals surface area contributed by atoms with Crippen molar-refractivity contribution in [3.05, 3.63) is 40.6 Å². The zero-order valence-electron chi connectivity index (χ0n) is 42.5. The molecule has 0 saturated carbocycles. The van der Waals surface area contributed by atoms with Gasteiger partial charge in [-0.15, -0.1) is 0 Å². The number of hydrogen-bond acceptors (Lipinski definition) is 37. The topological polar surface area (TPSA) is 687 Å². The van der Waals surface area contributed by atoms with Crippen LogP contribution < -0.4 is 24.4 Å². The van der Waals surface area contributed by atoms with Crippen molar-refractivity contribution in [3.63, 3.8) is 0 Å². The first-order valence-electron chi connectivity index (χ1n) is 22.2. The third kappa shape index (κ3) is 24.2. The SMILES string of the molecule is C[C@@H]1O[C@@H](OC[C@H]2O[C@@H](Oc3c(-c4ccc(OCCOS(=O)(=O)O)c(OCCOS(=O)(=O)O)c4)oc4cc(OCCOS(=O)(=O)O)cc(O)c4c3=O)[C@H](OS(=O)(=O)O)[C@@H](OS(=O)(=O)O)[C@@H]2OS(=O)(=O)O)[C@H](OS(=O)(=O)O)[C@H](OS(=O)(=O)O)[C@H]1OS(=O)(=O)O. The molecule has 10 atom stereocenters. The molecule has 1 aromatic heterocycles. The van der Waals surface area contributed by atoms with Crippen molar-refractivity contribution in [2.45, 2.75) is 68.3 Å². The summed E-state index contributed by atoms with van der Waals surface area (Å²) in [6.45, 7) is -6.52. The molecular formula is C33H42O46S9. The molecular weight excluding hydrogens is 1420 g/mol. The van der Waals surface area contributed by atoms with Gasteiger partial charge in [-0.2, -0.15) is 75.8 Å². The highest BCUT2D eigenvalue weighted by atomic mass is 32.3. The largest absolute Gasteiger partial charge is 0.507 e. The van der Waals surface area contributed by atoms with Gasteiger partial charge in [-0.1, -0.05) is 0 Å². The summed E-state index contributed by atoms with van der Waals surface area (Å²) >= 11 is 0. The number of phenols is 1. The average Bonchev–Trinajstić information content (AvgIpc) is 3.00. The van der Waals surface area contributed by atoms with Crippen LogP contribution in [0.25, 0.3) is 22.3 Å². The molecule has 5 rings (SSSR count). The molecule has 88 heavy (non-hydrogen) atoms. The first kappa shape index (κ1) is 74.1.